The Hall–Kier alpha value is -3.23. The topological polar surface area (TPSA) is 136 Å². The lowest BCUT2D eigenvalue weighted by Crippen LogP contribution is -2.28. The summed E-state index contributed by atoms with van der Waals surface area (Å²) in [6.45, 7) is 4.10. The number of aromatic nitrogens is 5. The number of H-pyrrole nitrogens is 3. The van der Waals surface area contributed by atoms with Crippen molar-refractivity contribution in [3.8, 4) is 0 Å². The Balaban J connectivity index is 1.67. The van der Waals surface area contributed by atoms with Crippen LogP contribution in [0, 0.1) is 0 Å². The zero-order valence-corrected chi connectivity index (χ0v) is 13.8. The number of benzene rings is 1. The van der Waals surface area contributed by atoms with Gasteiger partial charge in [0.2, 0.25) is 5.91 Å². The summed E-state index contributed by atoms with van der Waals surface area (Å²) in [5.41, 5.74) is 1.18. The minimum Gasteiger partial charge on any atom is -0.342 e. The van der Waals surface area contributed by atoms with Crippen LogP contribution in [0.4, 0.5) is 5.69 Å². The number of amides is 1. The molecule has 0 fully saturated rings. The molecule has 0 radical (unpaired) electrons. The molecule has 0 saturated heterocycles. The Morgan fingerprint density at radius 3 is 2.76 bits per heavy atom. The number of rotatable bonds is 5. The monoisotopic (exact) mass is 342 g/mol. The second kappa shape index (κ2) is 6.71. The molecule has 0 bridgehead atoms. The minimum absolute atomic E-state index is 0.0698. The second-order valence-corrected chi connectivity index (χ2v) is 6.01. The number of imidazole rings is 1. The molecule has 1 aromatic carbocycles. The third-order valence-corrected chi connectivity index (χ3v) is 3.70. The quantitative estimate of drug-likeness (QED) is 0.549. The van der Waals surface area contributed by atoms with Gasteiger partial charge in [-0.1, -0.05) is 13.8 Å². The maximum absolute atomic E-state index is 12.1. The number of anilines is 1. The van der Waals surface area contributed by atoms with Crippen LogP contribution in [0.25, 0.3) is 11.0 Å². The van der Waals surface area contributed by atoms with Crippen molar-refractivity contribution < 1.29 is 4.79 Å². The first-order chi connectivity index (χ1) is 11.9. The van der Waals surface area contributed by atoms with Crippen molar-refractivity contribution in [3.63, 3.8) is 0 Å². The van der Waals surface area contributed by atoms with Crippen LogP contribution in [0.15, 0.2) is 27.8 Å². The van der Waals surface area contributed by atoms with Crippen LogP contribution in [-0.2, 0) is 11.2 Å². The molecule has 0 spiro atoms. The summed E-state index contributed by atoms with van der Waals surface area (Å²) in [6.07, 6.45) is 0.197. The molecule has 0 aliphatic rings. The number of carbonyl (C=O) groups is 1. The molecule has 4 N–H and O–H groups in total. The molecule has 0 atom stereocenters. The lowest BCUT2D eigenvalue weighted by molar-refractivity contribution is -0.116. The summed E-state index contributed by atoms with van der Waals surface area (Å²) in [7, 11) is 0. The normalized spacial score (nSPS) is 11.2. The second-order valence-electron chi connectivity index (χ2n) is 6.01. The van der Waals surface area contributed by atoms with E-state index in [4.69, 9.17) is 0 Å². The van der Waals surface area contributed by atoms with Gasteiger partial charge in [0.1, 0.15) is 11.5 Å². The predicted molar refractivity (Wildman–Crippen MR) is 92.6 cm³/mol. The highest BCUT2D eigenvalue weighted by Crippen LogP contribution is 2.20. The lowest BCUT2D eigenvalue weighted by Gasteiger charge is -2.04. The summed E-state index contributed by atoms with van der Waals surface area (Å²) in [4.78, 5) is 44.3. The zero-order valence-electron chi connectivity index (χ0n) is 13.8. The first kappa shape index (κ1) is 16.6. The molecule has 130 valence electrons. The molecular weight excluding hydrogens is 324 g/mol. The van der Waals surface area contributed by atoms with Gasteiger partial charge in [-0.05, 0) is 18.2 Å². The average Bonchev–Trinajstić information content (AvgIpc) is 2.97. The number of hydrogen-bond acceptors (Lipinski definition) is 5. The van der Waals surface area contributed by atoms with E-state index in [0.717, 1.165) is 16.9 Å². The molecule has 0 aliphatic heterocycles. The van der Waals surface area contributed by atoms with Gasteiger partial charge < -0.3 is 10.3 Å². The third kappa shape index (κ3) is 3.82. The Morgan fingerprint density at radius 1 is 1.24 bits per heavy atom. The van der Waals surface area contributed by atoms with E-state index in [1.54, 1.807) is 6.07 Å². The fraction of sp³-hybridized carbons (Fsp3) is 0.312. The maximum atomic E-state index is 12.1. The van der Waals surface area contributed by atoms with Gasteiger partial charge in [0.25, 0.3) is 5.56 Å². The third-order valence-electron chi connectivity index (χ3n) is 3.70. The molecule has 2 heterocycles. The van der Waals surface area contributed by atoms with E-state index >= 15 is 0 Å². The van der Waals surface area contributed by atoms with E-state index in [1.165, 1.54) is 0 Å². The summed E-state index contributed by atoms with van der Waals surface area (Å²) in [6, 6.07) is 5.43. The van der Waals surface area contributed by atoms with Crippen molar-refractivity contribution in [1.82, 2.24) is 25.1 Å². The first-order valence-corrected chi connectivity index (χ1v) is 7.90. The smallest absolute Gasteiger partial charge is 0.342 e. The van der Waals surface area contributed by atoms with Gasteiger partial charge in [0.15, 0.2) is 0 Å². The van der Waals surface area contributed by atoms with Crippen molar-refractivity contribution >= 4 is 22.6 Å². The predicted octanol–water partition coefficient (Wildman–Crippen LogP) is 1.03. The molecular formula is C16H18N6O3. The summed E-state index contributed by atoms with van der Waals surface area (Å²) >= 11 is 0. The number of carbonyl (C=O) groups excluding carboxylic acids is 1. The highest BCUT2D eigenvalue weighted by atomic mass is 16.2. The summed E-state index contributed by atoms with van der Waals surface area (Å²) < 4.78 is 0. The average molecular weight is 342 g/mol. The fourth-order valence-electron chi connectivity index (χ4n) is 2.38. The maximum Gasteiger partial charge on any atom is 0.342 e. The zero-order chi connectivity index (χ0) is 18.0. The Labute approximate surface area is 141 Å². The van der Waals surface area contributed by atoms with E-state index in [0.29, 0.717) is 5.69 Å². The van der Waals surface area contributed by atoms with Gasteiger partial charge >= 0.3 is 5.69 Å². The molecule has 2 aromatic heterocycles. The van der Waals surface area contributed by atoms with Crippen molar-refractivity contribution in [1.29, 1.82) is 0 Å². The number of aryl methyl sites for hydroxylation is 1. The van der Waals surface area contributed by atoms with Crippen molar-refractivity contribution in [3.05, 3.63) is 50.6 Å². The van der Waals surface area contributed by atoms with E-state index in [1.807, 2.05) is 26.0 Å². The number of nitrogens with one attached hydrogen (secondary N) is 4. The molecule has 3 rings (SSSR count). The Morgan fingerprint density at radius 2 is 2.04 bits per heavy atom. The molecule has 1 amide bonds. The molecule has 0 saturated carbocycles. The molecule has 9 heteroatoms. The van der Waals surface area contributed by atoms with E-state index in [-0.39, 0.29) is 30.4 Å². The minimum atomic E-state index is -0.674. The number of nitrogens with zero attached hydrogens (tertiary/aromatic N) is 2. The molecule has 9 nitrogen and oxygen atoms in total. The van der Waals surface area contributed by atoms with Gasteiger partial charge in [0, 0.05) is 24.4 Å². The van der Waals surface area contributed by atoms with Gasteiger partial charge in [-0.25, -0.2) is 14.9 Å². The number of fused-ring (bicyclic) bond motifs is 1. The standard InChI is InChI=1S/C16H18N6O3/c1-8(2)14-18-10-4-3-9(7-12(10)19-14)17-13(23)6-5-11-15(24)20-16(25)22-21-11/h3-4,7-8H,5-6H2,1-2H3,(H,17,23)(H,18,19)(H2,20,22,24,25). The van der Waals surface area contributed by atoms with Gasteiger partial charge in [-0.3, -0.25) is 14.6 Å². The van der Waals surface area contributed by atoms with Gasteiger partial charge in [-0.2, -0.15) is 5.10 Å². The lowest BCUT2D eigenvalue weighted by atomic mass is 10.2. The van der Waals surface area contributed by atoms with E-state index in [9.17, 15) is 14.4 Å². The van der Waals surface area contributed by atoms with Crippen LogP contribution in [-0.4, -0.2) is 31.1 Å². The summed E-state index contributed by atoms with van der Waals surface area (Å²) in [5, 5.41) is 8.56. The Bertz CT molecular complexity index is 1030. The van der Waals surface area contributed by atoms with Crippen LogP contribution >= 0.6 is 0 Å². The van der Waals surface area contributed by atoms with Crippen molar-refractivity contribution in [2.75, 3.05) is 5.32 Å². The van der Waals surface area contributed by atoms with E-state index in [2.05, 4.69) is 30.5 Å². The van der Waals surface area contributed by atoms with Crippen molar-refractivity contribution in [2.24, 2.45) is 0 Å². The van der Waals surface area contributed by atoms with Crippen LogP contribution in [0.2, 0.25) is 0 Å². The first-order valence-electron chi connectivity index (χ1n) is 7.90. The highest BCUT2D eigenvalue weighted by molar-refractivity contribution is 5.93. The summed E-state index contributed by atoms with van der Waals surface area (Å²) in [5.74, 6) is 0.922. The van der Waals surface area contributed by atoms with Crippen LogP contribution in [0.3, 0.4) is 0 Å². The molecule has 0 unspecified atom stereocenters. The number of aromatic amines is 3. The van der Waals surface area contributed by atoms with Gasteiger partial charge in [0.05, 0.1) is 11.0 Å². The largest absolute Gasteiger partial charge is 0.342 e. The Kier molecular flexibility index (Phi) is 4.46. The van der Waals surface area contributed by atoms with Crippen LogP contribution < -0.4 is 16.6 Å². The van der Waals surface area contributed by atoms with Crippen LogP contribution in [0.5, 0.6) is 0 Å². The van der Waals surface area contributed by atoms with Crippen LogP contribution in [0.1, 0.15) is 37.7 Å². The van der Waals surface area contributed by atoms with Crippen molar-refractivity contribution in [2.45, 2.75) is 32.6 Å². The van der Waals surface area contributed by atoms with Gasteiger partial charge in [-0.15, -0.1) is 0 Å². The fourth-order valence-corrected chi connectivity index (χ4v) is 2.38. The van der Waals surface area contributed by atoms with E-state index < -0.39 is 11.2 Å². The molecule has 0 aliphatic carbocycles. The number of hydrogen-bond donors (Lipinski definition) is 4. The molecule has 25 heavy (non-hydrogen) atoms. The SMILES string of the molecule is CC(C)c1nc2ccc(NC(=O)CCc3n[nH]c(=O)[nH]c3=O)cc2[nH]1. The highest BCUT2D eigenvalue weighted by Gasteiger charge is 2.10. The molecule has 3 aromatic rings.